The maximum absolute atomic E-state index is 12.4. The third-order valence-electron chi connectivity index (χ3n) is 4.46. The van der Waals surface area contributed by atoms with E-state index in [1.165, 1.54) is 39.0 Å². The normalized spacial score (nSPS) is 10.6. The first kappa shape index (κ1) is 22.7. The minimum absolute atomic E-state index is 0.237. The molecule has 0 aliphatic carbocycles. The number of hydrazone groups is 1. The van der Waals surface area contributed by atoms with Crippen LogP contribution in [0.15, 0.2) is 29.4 Å². The van der Waals surface area contributed by atoms with Gasteiger partial charge in [-0.1, -0.05) is 17.7 Å². The fourth-order valence-electron chi connectivity index (χ4n) is 3.08. The molecule has 0 saturated carbocycles. The quantitative estimate of drug-likeness (QED) is 0.512. The molecule has 0 unspecified atom stereocenters. The van der Waals surface area contributed by atoms with Crippen LogP contribution < -0.4 is 25.0 Å². The van der Waals surface area contributed by atoms with Crippen LogP contribution in [0.1, 0.15) is 32.6 Å². The van der Waals surface area contributed by atoms with E-state index < -0.39 is 11.8 Å². The van der Waals surface area contributed by atoms with Gasteiger partial charge in [0.2, 0.25) is 5.75 Å². The first-order chi connectivity index (χ1) is 14.3. The van der Waals surface area contributed by atoms with E-state index in [0.717, 1.165) is 16.7 Å². The van der Waals surface area contributed by atoms with Crippen molar-refractivity contribution in [3.63, 3.8) is 0 Å². The minimum Gasteiger partial charge on any atom is -0.493 e. The number of benzene rings is 2. The first-order valence-corrected chi connectivity index (χ1v) is 9.28. The van der Waals surface area contributed by atoms with E-state index in [4.69, 9.17) is 14.2 Å². The maximum Gasteiger partial charge on any atom is 0.259 e. The van der Waals surface area contributed by atoms with Crippen molar-refractivity contribution in [1.29, 1.82) is 0 Å². The topological polar surface area (TPSA) is 98.2 Å². The number of methoxy groups -OCH3 is 3. The number of hydrogen-bond acceptors (Lipinski definition) is 6. The molecule has 0 heterocycles. The van der Waals surface area contributed by atoms with Gasteiger partial charge in [-0.3, -0.25) is 9.59 Å². The molecular formula is C22H27N3O5. The smallest absolute Gasteiger partial charge is 0.259 e. The van der Waals surface area contributed by atoms with Gasteiger partial charge in [0.1, 0.15) is 0 Å². The molecule has 0 spiro atoms. The van der Waals surface area contributed by atoms with Crippen LogP contribution in [-0.2, 0) is 4.79 Å². The van der Waals surface area contributed by atoms with Gasteiger partial charge in [-0.2, -0.15) is 5.10 Å². The van der Waals surface area contributed by atoms with Crippen molar-refractivity contribution in [3.05, 3.63) is 52.1 Å². The third kappa shape index (κ3) is 5.50. The van der Waals surface area contributed by atoms with Gasteiger partial charge in [0.15, 0.2) is 11.5 Å². The Kier molecular flexibility index (Phi) is 7.80. The second-order valence-corrected chi connectivity index (χ2v) is 6.70. The second kappa shape index (κ2) is 10.3. The lowest BCUT2D eigenvalue weighted by Crippen LogP contribution is -2.35. The number of rotatable bonds is 8. The number of nitrogens with one attached hydrogen (secondary N) is 2. The van der Waals surface area contributed by atoms with E-state index in [0.29, 0.717) is 17.2 Å². The number of nitrogens with zero attached hydrogens (tertiary/aromatic N) is 1. The molecule has 2 rings (SSSR count). The molecular weight excluding hydrogens is 386 g/mol. The Labute approximate surface area is 176 Å². The molecule has 8 nitrogen and oxygen atoms in total. The number of carbonyl (C=O) groups excluding carboxylic acids is 2. The Bertz CT molecular complexity index is 921. The average Bonchev–Trinajstić information content (AvgIpc) is 2.72. The molecule has 0 bridgehead atoms. The summed E-state index contributed by atoms with van der Waals surface area (Å²) in [7, 11) is 4.40. The molecule has 2 aromatic carbocycles. The van der Waals surface area contributed by atoms with Gasteiger partial charge in [-0.25, -0.2) is 5.43 Å². The average molecular weight is 413 g/mol. The Balaban J connectivity index is 1.99. The predicted molar refractivity (Wildman–Crippen MR) is 115 cm³/mol. The molecule has 0 atom stereocenters. The summed E-state index contributed by atoms with van der Waals surface area (Å²) in [4.78, 5) is 24.5. The van der Waals surface area contributed by atoms with Gasteiger partial charge in [-0.15, -0.1) is 0 Å². The first-order valence-electron chi connectivity index (χ1n) is 9.28. The highest BCUT2D eigenvalue weighted by Crippen LogP contribution is 2.38. The molecule has 0 saturated heterocycles. The standard InChI is InChI=1S/C22H27N3O5/c1-13-7-14(2)17(15(3)8-13)11-24-25-20(26)12-23-22(27)16-9-18(28-4)21(30-6)19(10-16)29-5/h7-11H,12H2,1-6H3,(H,23,27)(H,25,26)/b24-11-. The maximum atomic E-state index is 12.4. The molecule has 160 valence electrons. The lowest BCUT2D eigenvalue weighted by Gasteiger charge is -2.14. The Morgan fingerprint density at radius 1 is 0.933 bits per heavy atom. The van der Waals surface area contributed by atoms with E-state index in [1.807, 2.05) is 32.9 Å². The summed E-state index contributed by atoms with van der Waals surface area (Å²) in [6, 6.07) is 7.12. The van der Waals surface area contributed by atoms with Crippen LogP contribution in [0.2, 0.25) is 0 Å². The van der Waals surface area contributed by atoms with Crippen molar-refractivity contribution in [2.24, 2.45) is 5.10 Å². The molecule has 30 heavy (non-hydrogen) atoms. The number of carbonyl (C=O) groups is 2. The van der Waals surface area contributed by atoms with Crippen LogP contribution in [0.3, 0.4) is 0 Å². The number of amides is 2. The van der Waals surface area contributed by atoms with E-state index in [9.17, 15) is 9.59 Å². The van der Waals surface area contributed by atoms with Gasteiger partial charge in [-0.05, 0) is 44.0 Å². The highest BCUT2D eigenvalue weighted by atomic mass is 16.5. The summed E-state index contributed by atoms with van der Waals surface area (Å²) in [6.07, 6.45) is 1.60. The molecule has 8 heteroatoms. The zero-order valence-electron chi connectivity index (χ0n) is 18.1. The molecule has 2 amide bonds. The Morgan fingerprint density at radius 2 is 1.50 bits per heavy atom. The van der Waals surface area contributed by atoms with Crippen LogP contribution in [0.5, 0.6) is 17.2 Å². The van der Waals surface area contributed by atoms with Gasteiger partial charge in [0.05, 0.1) is 34.1 Å². The summed E-state index contributed by atoms with van der Waals surface area (Å²) in [6.45, 7) is 5.76. The third-order valence-corrected chi connectivity index (χ3v) is 4.46. The molecule has 0 aromatic heterocycles. The van der Waals surface area contributed by atoms with E-state index >= 15 is 0 Å². The molecule has 0 fully saturated rings. The predicted octanol–water partition coefficient (Wildman–Crippen LogP) is 2.52. The van der Waals surface area contributed by atoms with Crippen molar-refractivity contribution >= 4 is 18.0 Å². The SMILES string of the molecule is COc1cc(C(=O)NCC(=O)N/N=C\c2c(C)cc(C)cc2C)cc(OC)c1OC. The van der Waals surface area contributed by atoms with Gasteiger partial charge in [0.25, 0.3) is 11.8 Å². The van der Waals surface area contributed by atoms with Crippen LogP contribution in [0.4, 0.5) is 0 Å². The second-order valence-electron chi connectivity index (χ2n) is 6.70. The minimum atomic E-state index is -0.460. The summed E-state index contributed by atoms with van der Waals surface area (Å²) in [5.41, 5.74) is 6.94. The van der Waals surface area contributed by atoms with E-state index in [1.54, 1.807) is 6.21 Å². The summed E-state index contributed by atoms with van der Waals surface area (Å²) in [5, 5.41) is 6.53. The fraction of sp³-hybridized carbons (Fsp3) is 0.318. The summed E-state index contributed by atoms with van der Waals surface area (Å²) in [5.74, 6) is 0.165. The Hall–Kier alpha value is -3.55. The van der Waals surface area contributed by atoms with Gasteiger partial charge in [0, 0.05) is 11.1 Å². The van der Waals surface area contributed by atoms with Crippen molar-refractivity contribution in [2.45, 2.75) is 20.8 Å². The van der Waals surface area contributed by atoms with Crippen LogP contribution >= 0.6 is 0 Å². The zero-order valence-corrected chi connectivity index (χ0v) is 18.1. The zero-order chi connectivity index (χ0) is 22.3. The van der Waals surface area contributed by atoms with E-state index in [-0.39, 0.29) is 12.1 Å². The van der Waals surface area contributed by atoms with Crippen LogP contribution in [0, 0.1) is 20.8 Å². The van der Waals surface area contributed by atoms with Crippen LogP contribution in [0.25, 0.3) is 0 Å². The van der Waals surface area contributed by atoms with Crippen molar-refractivity contribution in [3.8, 4) is 17.2 Å². The summed E-state index contributed by atoms with van der Waals surface area (Å²) >= 11 is 0. The number of hydrogen-bond donors (Lipinski definition) is 2. The number of ether oxygens (including phenoxy) is 3. The summed E-state index contributed by atoms with van der Waals surface area (Å²) < 4.78 is 15.7. The van der Waals surface area contributed by atoms with Gasteiger partial charge < -0.3 is 19.5 Å². The highest BCUT2D eigenvalue weighted by Gasteiger charge is 2.17. The van der Waals surface area contributed by atoms with Crippen molar-refractivity contribution in [2.75, 3.05) is 27.9 Å². The van der Waals surface area contributed by atoms with Crippen molar-refractivity contribution in [1.82, 2.24) is 10.7 Å². The molecule has 2 aromatic rings. The van der Waals surface area contributed by atoms with E-state index in [2.05, 4.69) is 15.8 Å². The molecule has 0 aliphatic rings. The fourth-order valence-corrected chi connectivity index (χ4v) is 3.08. The monoisotopic (exact) mass is 413 g/mol. The van der Waals surface area contributed by atoms with Gasteiger partial charge >= 0.3 is 0 Å². The van der Waals surface area contributed by atoms with Crippen molar-refractivity contribution < 1.29 is 23.8 Å². The highest BCUT2D eigenvalue weighted by molar-refractivity contribution is 5.97. The van der Waals surface area contributed by atoms with Crippen LogP contribution in [-0.4, -0.2) is 45.9 Å². The molecule has 2 N–H and O–H groups in total. The lowest BCUT2D eigenvalue weighted by molar-refractivity contribution is -0.120. The lowest BCUT2D eigenvalue weighted by atomic mass is 10.0. The molecule has 0 aliphatic heterocycles. The number of aryl methyl sites for hydroxylation is 3. The molecule has 0 radical (unpaired) electrons. The largest absolute Gasteiger partial charge is 0.493 e. The Morgan fingerprint density at radius 3 is 2.00 bits per heavy atom.